The summed E-state index contributed by atoms with van der Waals surface area (Å²) in [5.74, 6) is -1.51. The molecule has 1 heterocycles. The number of ether oxygens (including phenoxy) is 2. The fourth-order valence-corrected chi connectivity index (χ4v) is 6.85. The summed E-state index contributed by atoms with van der Waals surface area (Å²) in [7, 11) is 0.238. The van der Waals surface area contributed by atoms with Crippen LogP contribution in [-0.2, 0) is 15.8 Å². The molecule has 0 radical (unpaired) electrons. The highest BCUT2D eigenvalue weighted by Crippen LogP contribution is 2.37. The Hall–Kier alpha value is -5.33. The van der Waals surface area contributed by atoms with Gasteiger partial charge in [-0.25, -0.2) is 9.78 Å². The monoisotopic (exact) mass is 737 g/mol. The summed E-state index contributed by atoms with van der Waals surface area (Å²) in [5, 5.41) is 13.7. The Morgan fingerprint density at radius 2 is 1.51 bits per heavy atom. The molecule has 5 N–H and O–H groups in total. The highest BCUT2D eigenvalue weighted by Gasteiger charge is 2.39. The molecule has 1 aromatic heterocycles. The van der Waals surface area contributed by atoms with Crippen LogP contribution in [0.25, 0.3) is 11.1 Å². The number of carbonyl (C=O) groups is 3. The number of methoxy groups -OCH3 is 1. The summed E-state index contributed by atoms with van der Waals surface area (Å²) < 4.78 is 17.1. The Bertz CT molecular complexity index is 1920. The average molecular weight is 738 g/mol. The van der Waals surface area contributed by atoms with Gasteiger partial charge in [0.05, 0.1) is 12.7 Å². The number of pyridine rings is 1. The predicted octanol–water partition coefficient (Wildman–Crippen LogP) is 7.21. The molecule has 0 bridgehead atoms. The van der Waals surface area contributed by atoms with Gasteiger partial charge >= 0.3 is 5.97 Å². The maximum atomic E-state index is 14.1. The molecule has 0 saturated heterocycles. The lowest BCUT2D eigenvalue weighted by Gasteiger charge is -2.43. The lowest BCUT2D eigenvalue weighted by molar-refractivity contribution is 0.0473. The molecule has 0 spiro atoms. The van der Waals surface area contributed by atoms with Gasteiger partial charge in [-0.1, -0.05) is 71.0 Å². The number of amides is 2. The summed E-state index contributed by atoms with van der Waals surface area (Å²) in [6, 6.07) is 23.5. The number of nitrogen functional groups attached to an aromatic ring is 1. The van der Waals surface area contributed by atoms with E-state index >= 15 is 0 Å². The van der Waals surface area contributed by atoms with Crippen LogP contribution in [0.15, 0.2) is 84.9 Å². The molecule has 280 valence electrons. The van der Waals surface area contributed by atoms with Crippen molar-refractivity contribution in [1.29, 1.82) is 5.41 Å². The average Bonchev–Trinajstić information content (AvgIpc) is 3.12. The second kappa shape index (κ2) is 17.5. The zero-order valence-corrected chi connectivity index (χ0v) is 33.0. The molecule has 0 aliphatic carbocycles. The Morgan fingerprint density at radius 1 is 0.868 bits per heavy atom. The Balaban J connectivity index is 1.76. The van der Waals surface area contributed by atoms with Crippen molar-refractivity contribution in [2.24, 2.45) is 16.6 Å². The molecular formula is C41H51N5O6Si. The summed E-state index contributed by atoms with van der Waals surface area (Å²) in [6.45, 7) is 15.4. The molecule has 4 aromatic rings. The predicted molar refractivity (Wildman–Crippen MR) is 211 cm³/mol. The fourth-order valence-electron chi connectivity index (χ4n) is 6.26. The first-order chi connectivity index (χ1) is 25.0. The molecule has 3 aromatic carbocycles. The number of nitrogens with zero attached hydrogens (tertiary/aromatic N) is 1. The van der Waals surface area contributed by atoms with Gasteiger partial charge < -0.3 is 30.3 Å². The van der Waals surface area contributed by atoms with Gasteiger partial charge in [0.25, 0.3) is 11.8 Å². The van der Waals surface area contributed by atoms with Crippen molar-refractivity contribution >= 4 is 38.3 Å². The Labute approximate surface area is 313 Å². The van der Waals surface area contributed by atoms with E-state index in [4.69, 9.17) is 25.0 Å². The van der Waals surface area contributed by atoms with Gasteiger partial charge in [-0.2, -0.15) is 0 Å². The van der Waals surface area contributed by atoms with E-state index < -0.39 is 20.9 Å². The fraction of sp³-hybridized carbons (Fsp3) is 0.341. The summed E-state index contributed by atoms with van der Waals surface area (Å²) >= 11 is 0. The first-order valence-electron chi connectivity index (χ1n) is 17.6. The normalized spacial score (nSPS) is 12.2. The molecule has 1 unspecified atom stereocenters. The third kappa shape index (κ3) is 10.8. The number of nitrogens with two attached hydrogens (primary N) is 1. The SMILES string of the molecule is COc1ccc(-c2ccc(C(=O)NC(C(C)(C)C)C(C)(C)CCO[SiH](C)C)cc2C(=O)OCc2ccccc2)c(C(=O)Nc2ccc(C(=N)N)cc2)n1. The molecule has 2 amide bonds. The molecule has 1 atom stereocenters. The van der Waals surface area contributed by atoms with Crippen molar-refractivity contribution in [3.8, 4) is 17.0 Å². The number of amidine groups is 1. The van der Waals surface area contributed by atoms with Crippen molar-refractivity contribution in [3.05, 3.63) is 113 Å². The Morgan fingerprint density at radius 3 is 2.11 bits per heavy atom. The summed E-state index contributed by atoms with van der Waals surface area (Å²) in [6.07, 6.45) is 0.757. The van der Waals surface area contributed by atoms with E-state index in [1.165, 1.54) is 13.2 Å². The number of nitrogens with one attached hydrogen (secondary N) is 3. The van der Waals surface area contributed by atoms with E-state index in [0.29, 0.717) is 29.0 Å². The number of benzene rings is 3. The van der Waals surface area contributed by atoms with E-state index in [1.54, 1.807) is 48.5 Å². The van der Waals surface area contributed by atoms with Gasteiger partial charge in [-0.05, 0) is 83.9 Å². The van der Waals surface area contributed by atoms with Gasteiger partial charge in [0.1, 0.15) is 18.1 Å². The van der Waals surface area contributed by atoms with Gasteiger partial charge in [-0.15, -0.1) is 0 Å². The third-order valence-electron chi connectivity index (χ3n) is 8.87. The number of anilines is 1. The van der Waals surface area contributed by atoms with Crippen molar-refractivity contribution in [1.82, 2.24) is 10.3 Å². The molecule has 0 aliphatic heterocycles. The molecule has 53 heavy (non-hydrogen) atoms. The first kappa shape index (κ1) is 40.4. The van der Waals surface area contributed by atoms with Gasteiger partial charge in [-0.3, -0.25) is 15.0 Å². The second-order valence-electron chi connectivity index (χ2n) is 14.9. The summed E-state index contributed by atoms with van der Waals surface area (Å²) in [5.41, 5.74) is 7.71. The van der Waals surface area contributed by atoms with Crippen LogP contribution in [0.3, 0.4) is 0 Å². The number of aromatic nitrogens is 1. The molecule has 0 aliphatic rings. The van der Waals surface area contributed by atoms with E-state index in [2.05, 4.69) is 63.3 Å². The number of rotatable bonds is 15. The van der Waals surface area contributed by atoms with Crippen molar-refractivity contribution in [2.45, 2.75) is 66.8 Å². The quantitative estimate of drug-likeness (QED) is 0.0430. The number of hydrogen-bond donors (Lipinski definition) is 4. The molecule has 4 rings (SSSR count). The van der Waals surface area contributed by atoms with Crippen LogP contribution in [-0.4, -0.2) is 57.4 Å². The first-order valence-corrected chi connectivity index (χ1v) is 20.4. The van der Waals surface area contributed by atoms with Gasteiger partial charge in [0, 0.05) is 41.1 Å². The van der Waals surface area contributed by atoms with Gasteiger partial charge in [0.15, 0.2) is 9.04 Å². The topological polar surface area (TPSA) is 166 Å². The van der Waals surface area contributed by atoms with Crippen LogP contribution in [0.5, 0.6) is 5.88 Å². The standard InChI is InChI=1S/C41H51N5O6Si/c1-40(2,3)39(41(4,5)22-23-52-53(7)8)46-36(47)28-16-19-30(32(24-28)38(49)51-25-26-12-10-9-11-13-26)31-20-21-33(50-6)45-34(31)37(48)44-29-17-14-27(15-18-29)35(42)43/h9-21,24,39,53H,22-23,25H2,1-8H3,(H3,42,43)(H,44,48)(H,46,47). The smallest absolute Gasteiger partial charge is 0.339 e. The molecule has 12 heteroatoms. The van der Waals surface area contributed by atoms with E-state index in [-0.39, 0.29) is 57.9 Å². The number of esters is 1. The van der Waals surface area contributed by atoms with E-state index in [1.807, 2.05) is 30.3 Å². The highest BCUT2D eigenvalue weighted by atomic mass is 28.3. The Kier molecular flexibility index (Phi) is 13.3. The summed E-state index contributed by atoms with van der Waals surface area (Å²) in [4.78, 5) is 46.3. The zero-order valence-electron chi connectivity index (χ0n) is 31.8. The molecule has 0 saturated carbocycles. The van der Waals surface area contributed by atoms with Crippen LogP contribution in [0.4, 0.5) is 5.69 Å². The number of hydrogen-bond acceptors (Lipinski definition) is 8. The lowest BCUT2D eigenvalue weighted by Crippen LogP contribution is -2.53. The minimum absolute atomic E-state index is 0.00158. The van der Waals surface area contributed by atoms with E-state index in [0.717, 1.165) is 12.0 Å². The van der Waals surface area contributed by atoms with Crippen molar-refractivity contribution < 1.29 is 28.3 Å². The van der Waals surface area contributed by atoms with Gasteiger partial charge in [0.2, 0.25) is 5.88 Å². The number of carbonyl (C=O) groups excluding carboxylic acids is 3. The third-order valence-corrected chi connectivity index (χ3v) is 9.78. The largest absolute Gasteiger partial charge is 0.481 e. The second-order valence-corrected chi connectivity index (χ2v) is 17.4. The van der Waals surface area contributed by atoms with Crippen LogP contribution >= 0.6 is 0 Å². The highest BCUT2D eigenvalue weighted by molar-refractivity contribution is 6.48. The molecule has 11 nitrogen and oxygen atoms in total. The van der Waals surface area contributed by atoms with Crippen LogP contribution in [0.1, 0.15) is 83.4 Å². The van der Waals surface area contributed by atoms with Crippen LogP contribution < -0.4 is 21.1 Å². The zero-order chi connectivity index (χ0) is 38.9. The van der Waals surface area contributed by atoms with Crippen LogP contribution in [0, 0.1) is 16.2 Å². The molecule has 0 fully saturated rings. The minimum Gasteiger partial charge on any atom is -0.481 e. The lowest BCUT2D eigenvalue weighted by atomic mass is 9.69. The van der Waals surface area contributed by atoms with Crippen molar-refractivity contribution in [3.63, 3.8) is 0 Å². The maximum Gasteiger partial charge on any atom is 0.339 e. The van der Waals surface area contributed by atoms with Crippen molar-refractivity contribution in [2.75, 3.05) is 19.0 Å². The molecular weight excluding hydrogens is 687 g/mol. The van der Waals surface area contributed by atoms with E-state index in [9.17, 15) is 14.4 Å². The van der Waals surface area contributed by atoms with Crippen LogP contribution in [0.2, 0.25) is 13.1 Å². The minimum atomic E-state index is -1.20. The maximum absolute atomic E-state index is 14.1.